The number of nitro benzene ring substituents is 1. The van der Waals surface area contributed by atoms with Gasteiger partial charge < -0.3 is 14.4 Å². The van der Waals surface area contributed by atoms with Gasteiger partial charge in [-0.3, -0.25) is 10.1 Å². The predicted molar refractivity (Wildman–Crippen MR) is 64.6 cm³/mol. The number of rotatable bonds is 6. The molecule has 0 saturated heterocycles. The van der Waals surface area contributed by atoms with Crippen LogP contribution in [-0.4, -0.2) is 37.5 Å². The Morgan fingerprint density at radius 2 is 2.05 bits per heavy atom. The van der Waals surface area contributed by atoms with Crippen LogP contribution in [0.3, 0.4) is 0 Å². The number of benzene rings is 1. The van der Waals surface area contributed by atoms with Crippen LogP contribution >= 0.6 is 0 Å². The second-order valence-corrected chi connectivity index (χ2v) is 3.85. The molecule has 2 rings (SSSR count). The van der Waals surface area contributed by atoms with Crippen LogP contribution in [0.2, 0.25) is 0 Å². The Labute approximate surface area is 108 Å². The molecule has 1 heterocycles. The van der Waals surface area contributed by atoms with Crippen LogP contribution in [0, 0.1) is 10.1 Å². The van der Waals surface area contributed by atoms with Crippen LogP contribution in [0.5, 0.6) is 5.75 Å². The van der Waals surface area contributed by atoms with Gasteiger partial charge in [0.25, 0.3) is 0 Å². The van der Waals surface area contributed by atoms with Crippen molar-refractivity contribution in [3.8, 4) is 5.75 Å². The van der Waals surface area contributed by atoms with Gasteiger partial charge in [-0.2, -0.15) is 0 Å². The average Bonchev–Trinajstić information content (AvgIpc) is 2.89. The minimum atomic E-state index is -0.809. The van der Waals surface area contributed by atoms with E-state index in [9.17, 15) is 15.2 Å². The molecule has 0 aliphatic rings. The highest BCUT2D eigenvalue weighted by Gasteiger charge is 2.15. The smallest absolute Gasteiger partial charge is 0.310 e. The fourth-order valence-electron chi connectivity index (χ4n) is 1.53. The lowest BCUT2D eigenvalue weighted by Gasteiger charge is -2.12. The summed E-state index contributed by atoms with van der Waals surface area (Å²) in [6.45, 7) is 0.205. The lowest BCUT2D eigenvalue weighted by molar-refractivity contribution is -0.385. The van der Waals surface area contributed by atoms with Gasteiger partial charge in [0, 0.05) is 6.07 Å². The largest absolute Gasteiger partial charge is 0.484 e. The molecule has 0 bridgehead atoms. The molecule has 100 valence electrons. The van der Waals surface area contributed by atoms with E-state index in [2.05, 4.69) is 10.2 Å². The third kappa shape index (κ3) is 3.49. The van der Waals surface area contributed by atoms with E-state index in [-0.39, 0.29) is 24.6 Å². The van der Waals surface area contributed by atoms with E-state index in [4.69, 9.17) is 4.74 Å². The molecule has 1 aromatic carbocycles. The summed E-state index contributed by atoms with van der Waals surface area (Å²) in [5.41, 5.74) is -0.126. The van der Waals surface area contributed by atoms with Crippen molar-refractivity contribution in [2.24, 2.45) is 0 Å². The van der Waals surface area contributed by atoms with Crippen LogP contribution in [0.15, 0.2) is 36.9 Å². The normalized spacial score (nSPS) is 12.1. The van der Waals surface area contributed by atoms with Crippen LogP contribution < -0.4 is 4.74 Å². The highest BCUT2D eigenvalue weighted by molar-refractivity contribution is 5.45. The molecular weight excluding hydrogens is 252 g/mol. The van der Waals surface area contributed by atoms with E-state index in [0.717, 1.165) is 0 Å². The van der Waals surface area contributed by atoms with Crippen molar-refractivity contribution in [1.29, 1.82) is 0 Å². The Hall–Kier alpha value is -2.48. The molecule has 19 heavy (non-hydrogen) atoms. The lowest BCUT2D eigenvalue weighted by Crippen LogP contribution is -2.23. The molecule has 0 spiro atoms. The molecule has 0 radical (unpaired) electrons. The summed E-state index contributed by atoms with van der Waals surface area (Å²) < 4.78 is 6.85. The Bertz CT molecular complexity index is 543. The molecule has 0 amide bonds. The third-order valence-electron chi connectivity index (χ3n) is 2.38. The summed E-state index contributed by atoms with van der Waals surface area (Å²) in [7, 11) is 0. The van der Waals surface area contributed by atoms with Gasteiger partial charge in [0.15, 0.2) is 5.75 Å². The number of nitro groups is 1. The quantitative estimate of drug-likeness (QED) is 0.606. The topological polar surface area (TPSA) is 103 Å². The maximum atomic E-state index is 10.8. The minimum Gasteiger partial charge on any atom is -0.484 e. The van der Waals surface area contributed by atoms with Crippen molar-refractivity contribution in [3.05, 3.63) is 47.0 Å². The summed E-state index contributed by atoms with van der Waals surface area (Å²) in [4.78, 5) is 10.2. The van der Waals surface area contributed by atoms with Gasteiger partial charge in [-0.25, -0.2) is 0 Å². The summed E-state index contributed by atoms with van der Waals surface area (Å²) in [5, 5.41) is 27.7. The SMILES string of the molecule is O=[N+]([O-])c1ccccc1OC[C@@H](O)Cn1cnnc1. The number of hydrogen-bond acceptors (Lipinski definition) is 6. The van der Waals surface area contributed by atoms with Gasteiger partial charge in [0.2, 0.25) is 0 Å². The van der Waals surface area contributed by atoms with E-state index >= 15 is 0 Å². The summed E-state index contributed by atoms with van der Waals surface area (Å²) in [6, 6.07) is 6.03. The van der Waals surface area contributed by atoms with E-state index in [1.54, 1.807) is 16.7 Å². The molecule has 0 saturated carbocycles. The first-order valence-corrected chi connectivity index (χ1v) is 5.53. The van der Waals surface area contributed by atoms with Gasteiger partial charge in [-0.1, -0.05) is 12.1 Å². The second-order valence-electron chi connectivity index (χ2n) is 3.85. The second kappa shape index (κ2) is 5.91. The molecule has 0 unspecified atom stereocenters. The molecule has 2 aromatic rings. The third-order valence-corrected chi connectivity index (χ3v) is 2.38. The van der Waals surface area contributed by atoms with E-state index in [0.29, 0.717) is 0 Å². The molecule has 1 aromatic heterocycles. The Balaban J connectivity index is 1.93. The first-order chi connectivity index (χ1) is 9.16. The summed E-state index contributed by atoms with van der Waals surface area (Å²) in [5.74, 6) is 0.135. The van der Waals surface area contributed by atoms with Gasteiger partial charge in [0.1, 0.15) is 25.4 Å². The van der Waals surface area contributed by atoms with Crippen molar-refractivity contribution >= 4 is 5.69 Å². The zero-order valence-corrected chi connectivity index (χ0v) is 9.92. The molecular formula is C11H12N4O4. The number of hydrogen-bond donors (Lipinski definition) is 1. The van der Waals surface area contributed by atoms with E-state index < -0.39 is 11.0 Å². The van der Waals surface area contributed by atoms with Gasteiger partial charge in [-0.05, 0) is 6.07 Å². The predicted octanol–water partition coefficient (Wildman–Crippen LogP) is 0.626. The highest BCUT2D eigenvalue weighted by Crippen LogP contribution is 2.25. The fraction of sp³-hybridized carbons (Fsp3) is 0.273. The van der Waals surface area contributed by atoms with Crippen molar-refractivity contribution in [1.82, 2.24) is 14.8 Å². The number of aliphatic hydroxyl groups excluding tert-OH is 1. The number of ether oxygens (including phenoxy) is 1. The first-order valence-electron chi connectivity index (χ1n) is 5.53. The molecule has 8 nitrogen and oxygen atoms in total. The van der Waals surface area contributed by atoms with Crippen LogP contribution in [0.1, 0.15) is 0 Å². The van der Waals surface area contributed by atoms with E-state index in [1.165, 1.54) is 24.8 Å². The van der Waals surface area contributed by atoms with Gasteiger partial charge in [-0.15, -0.1) is 10.2 Å². The lowest BCUT2D eigenvalue weighted by atomic mass is 10.3. The number of para-hydroxylation sites is 2. The Kier molecular flexibility index (Phi) is 4.04. The van der Waals surface area contributed by atoms with Crippen molar-refractivity contribution in [2.75, 3.05) is 6.61 Å². The maximum Gasteiger partial charge on any atom is 0.310 e. The molecule has 1 atom stereocenters. The zero-order chi connectivity index (χ0) is 13.7. The number of aliphatic hydroxyl groups is 1. The molecule has 0 aliphatic heterocycles. The van der Waals surface area contributed by atoms with Crippen LogP contribution in [-0.2, 0) is 6.54 Å². The monoisotopic (exact) mass is 264 g/mol. The zero-order valence-electron chi connectivity index (χ0n) is 9.92. The first kappa shape index (κ1) is 13.0. The van der Waals surface area contributed by atoms with Crippen molar-refractivity contribution < 1.29 is 14.8 Å². The van der Waals surface area contributed by atoms with Crippen molar-refractivity contribution in [2.45, 2.75) is 12.6 Å². The number of nitrogens with zero attached hydrogens (tertiary/aromatic N) is 4. The highest BCUT2D eigenvalue weighted by atomic mass is 16.6. The van der Waals surface area contributed by atoms with Crippen LogP contribution in [0.4, 0.5) is 5.69 Å². The van der Waals surface area contributed by atoms with Gasteiger partial charge >= 0.3 is 5.69 Å². The van der Waals surface area contributed by atoms with Gasteiger partial charge in [0.05, 0.1) is 11.5 Å². The molecule has 8 heteroatoms. The fourth-order valence-corrected chi connectivity index (χ4v) is 1.53. The maximum absolute atomic E-state index is 10.8. The molecule has 1 N–H and O–H groups in total. The summed E-state index contributed by atoms with van der Waals surface area (Å²) in [6.07, 6.45) is 2.12. The van der Waals surface area contributed by atoms with Crippen molar-refractivity contribution in [3.63, 3.8) is 0 Å². The van der Waals surface area contributed by atoms with Crippen LogP contribution in [0.25, 0.3) is 0 Å². The molecule has 0 aliphatic carbocycles. The minimum absolute atomic E-state index is 0.0525. The summed E-state index contributed by atoms with van der Waals surface area (Å²) >= 11 is 0. The molecule has 0 fully saturated rings. The standard InChI is InChI=1S/C11H12N4O4/c16-9(5-14-7-12-13-8-14)6-19-11-4-2-1-3-10(11)15(17)18/h1-4,7-9,16H,5-6H2/t9-/m0/s1. The average molecular weight is 264 g/mol. The number of aromatic nitrogens is 3. The Morgan fingerprint density at radius 1 is 1.37 bits per heavy atom. The van der Waals surface area contributed by atoms with E-state index in [1.807, 2.05) is 0 Å². The Morgan fingerprint density at radius 3 is 2.74 bits per heavy atom.